The van der Waals surface area contributed by atoms with Crippen LogP contribution in [0.25, 0.3) is 0 Å². The van der Waals surface area contributed by atoms with E-state index in [0.29, 0.717) is 6.61 Å². The topological polar surface area (TPSA) is 47.0 Å². The molecule has 0 amide bonds. The predicted molar refractivity (Wildman–Crippen MR) is 50.1 cm³/mol. The number of nitrogens with one attached hydrogen (secondary N) is 1. The first-order chi connectivity index (χ1) is 5.84. The minimum atomic E-state index is 0.656. The van der Waals surface area contributed by atoms with Crippen molar-refractivity contribution in [3.63, 3.8) is 0 Å². The summed E-state index contributed by atoms with van der Waals surface area (Å²) in [6.45, 7) is 1.39. The van der Waals surface area contributed by atoms with Crippen molar-refractivity contribution in [1.29, 1.82) is 0 Å². The molecule has 1 aromatic rings. The minimum Gasteiger partial charge on any atom is -0.383 e. The molecule has 4 nitrogen and oxygen atoms in total. The summed E-state index contributed by atoms with van der Waals surface area (Å²) in [6.07, 6.45) is 3.27. The van der Waals surface area contributed by atoms with Gasteiger partial charge >= 0.3 is 0 Å². The monoisotopic (exact) mass is 231 g/mol. The molecule has 66 valence electrons. The summed E-state index contributed by atoms with van der Waals surface area (Å²) in [4.78, 5) is 8.08. The average Bonchev–Trinajstić information content (AvgIpc) is 2.09. The number of anilines is 1. The Morgan fingerprint density at radius 1 is 1.50 bits per heavy atom. The SMILES string of the molecule is COCCNc1nccnc1Br. The third-order valence-corrected chi connectivity index (χ3v) is 1.83. The van der Waals surface area contributed by atoms with Crippen molar-refractivity contribution in [3.05, 3.63) is 17.0 Å². The summed E-state index contributed by atoms with van der Waals surface area (Å²) in [5, 5.41) is 3.07. The third kappa shape index (κ3) is 2.75. The number of halogens is 1. The molecule has 0 aliphatic heterocycles. The summed E-state index contributed by atoms with van der Waals surface area (Å²) in [5.74, 6) is 0.745. The first-order valence-corrected chi connectivity index (χ1v) is 4.33. The summed E-state index contributed by atoms with van der Waals surface area (Å²) in [6, 6.07) is 0. The number of rotatable bonds is 4. The van der Waals surface area contributed by atoms with Crippen molar-refractivity contribution in [2.45, 2.75) is 0 Å². The molecule has 0 saturated carbocycles. The van der Waals surface area contributed by atoms with Crippen molar-refractivity contribution >= 4 is 21.7 Å². The third-order valence-electron chi connectivity index (χ3n) is 1.25. The fraction of sp³-hybridized carbons (Fsp3) is 0.429. The Hall–Kier alpha value is -0.680. The number of hydrogen-bond acceptors (Lipinski definition) is 4. The zero-order valence-corrected chi connectivity index (χ0v) is 8.34. The maximum atomic E-state index is 4.88. The largest absolute Gasteiger partial charge is 0.383 e. The van der Waals surface area contributed by atoms with Gasteiger partial charge in [-0.3, -0.25) is 0 Å². The molecule has 1 aromatic heterocycles. The van der Waals surface area contributed by atoms with Gasteiger partial charge in [-0.15, -0.1) is 0 Å². The van der Waals surface area contributed by atoms with Crippen LogP contribution < -0.4 is 5.32 Å². The lowest BCUT2D eigenvalue weighted by Crippen LogP contribution is -2.09. The zero-order valence-electron chi connectivity index (χ0n) is 6.75. The highest BCUT2D eigenvalue weighted by atomic mass is 79.9. The Bertz CT molecular complexity index is 244. The molecule has 0 aromatic carbocycles. The van der Waals surface area contributed by atoms with Gasteiger partial charge in [0.2, 0.25) is 0 Å². The lowest BCUT2D eigenvalue weighted by atomic mass is 10.6. The van der Waals surface area contributed by atoms with Crippen molar-refractivity contribution in [3.8, 4) is 0 Å². The van der Waals surface area contributed by atoms with Gasteiger partial charge in [0, 0.05) is 26.0 Å². The van der Waals surface area contributed by atoms with Crippen LogP contribution in [-0.4, -0.2) is 30.2 Å². The Morgan fingerprint density at radius 2 is 2.25 bits per heavy atom. The fourth-order valence-electron chi connectivity index (χ4n) is 0.711. The molecule has 0 unspecified atom stereocenters. The van der Waals surface area contributed by atoms with Gasteiger partial charge in [-0.2, -0.15) is 0 Å². The van der Waals surface area contributed by atoms with E-state index < -0.39 is 0 Å². The van der Waals surface area contributed by atoms with Crippen molar-refractivity contribution in [2.75, 3.05) is 25.6 Å². The lowest BCUT2D eigenvalue weighted by Gasteiger charge is -2.04. The molecule has 5 heteroatoms. The first-order valence-electron chi connectivity index (χ1n) is 3.54. The van der Waals surface area contributed by atoms with Gasteiger partial charge < -0.3 is 10.1 Å². The molecule has 0 spiro atoms. The molecule has 0 radical (unpaired) electrons. The van der Waals surface area contributed by atoms with Crippen LogP contribution in [0.5, 0.6) is 0 Å². The van der Waals surface area contributed by atoms with Crippen LogP contribution in [0.3, 0.4) is 0 Å². The predicted octanol–water partition coefficient (Wildman–Crippen LogP) is 1.30. The average molecular weight is 232 g/mol. The van der Waals surface area contributed by atoms with Crippen LogP contribution in [0.2, 0.25) is 0 Å². The van der Waals surface area contributed by atoms with Crippen LogP contribution >= 0.6 is 15.9 Å². The number of hydrogen-bond donors (Lipinski definition) is 1. The van der Waals surface area contributed by atoms with E-state index in [2.05, 4.69) is 31.2 Å². The molecule has 12 heavy (non-hydrogen) atoms. The standard InChI is InChI=1S/C7H10BrN3O/c1-12-5-4-11-7-6(8)9-2-3-10-7/h2-3H,4-5H2,1H3,(H,10,11). The van der Waals surface area contributed by atoms with E-state index in [1.54, 1.807) is 19.5 Å². The van der Waals surface area contributed by atoms with Crippen LogP contribution in [0.1, 0.15) is 0 Å². The van der Waals surface area contributed by atoms with E-state index >= 15 is 0 Å². The van der Waals surface area contributed by atoms with Gasteiger partial charge in [0.15, 0.2) is 5.82 Å². The Labute approximate surface area is 79.5 Å². The van der Waals surface area contributed by atoms with Crippen molar-refractivity contribution in [1.82, 2.24) is 9.97 Å². The summed E-state index contributed by atoms with van der Waals surface area (Å²) >= 11 is 3.27. The van der Waals surface area contributed by atoms with Gasteiger partial charge in [-0.1, -0.05) is 0 Å². The van der Waals surface area contributed by atoms with Crippen molar-refractivity contribution < 1.29 is 4.74 Å². The van der Waals surface area contributed by atoms with Gasteiger partial charge in [0.05, 0.1) is 6.61 Å². The molecule has 1 N–H and O–H groups in total. The van der Waals surface area contributed by atoms with E-state index in [1.807, 2.05) is 0 Å². The highest BCUT2D eigenvalue weighted by Crippen LogP contribution is 2.14. The summed E-state index contributed by atoms with van der Waals surface area (Å²) < 4.78 is 5.60. The van der Waals surface area contributed by atoms with Gasteiger partial charge in [-0.05, 0) is 15.9 Å². The number of ether oxygens (including phenoxy) is 1. The fourth-order valence-corrected chi connectivity index (χ4v) is 1.07. The van der Waals surface area contributed by atoms with Gasteiger partial charge in [0.1, 0.15) is 4.60 Å². The Morgan fingerprint density at radius 3 is 2.92 bits per heavy atom. The smallest absolute Gasteiger partial charge is 0.159 e. The molecular formula is C7H10BrN3O. The number of nitrogens with zero attached hydrogens (tertiary/aromatic N) is 2. The molecule has 0 atom stereocenters. The van der Waals surface area contributed by atoms with E-state index in [-0.39, 0.29) is 0 Å². The van der Waals surface area contributed by atoms with Gasteiger partial charge in [-0.25, -0.2) is 9.97 Å². The molecule has 1 rings (SSSR count). The van der Waals surface area contributed by atoms with E-state index in [9.17, 15) is 0 Å². The molecule has 0 aliphatic rings. The first kappa shape index (κ1) is 9.41. The van der Waals surface area contributed by atoms with Crippen molar-refractivity contribution in [2.24, 2.45) is 0 Å². The normalized spacial score (nSPS) is 9.83. The van der Waals surface area contributed by atoms with Crippen LogP contribution in [0.4, 0.5) is 5.82 Å². The summed E-state index contributed by atoms with van der Waals surface area (Å²) in [7, 11) is 1.66. The van der Waals surface area contributed by atoms with Crippen LogP contribution in [0.15, 0.2) is 17.0 Å². The maximum Gasteiger partial charge on any atom is 0.159 e. The minimum absolute atomic E-state index is 0.656. The molecule has 0 fully saturated rings. The zero-order chi connectivity index (χ0) is 8.81. The molecular weight excluding hydrogens is 222 g/mol. The van der Waals surface area contributed by atoms with E-state index in [0.717, 1.165) is 17.0 Å². The quantitative estimate of drug-likeness (QED) is 0.794. The van der Waals surface area contributed by atoms with Crippen LogP contribution in [-0.2, 0) is 4.74 Å². The Balaban J connectivity index is 2.46. The molecule has 0 saturated heterocycles. The second-order valence-corrected chi connectivity index (χ2v) is 2.87. The Kier molecular flexibility index (Phi) is 3.96. The molecule has 1 heterocycles. The maximum absolute atomic E-state index is 4.88. The number of methoxy groups -OCH3 is 1. The molecule has 0 aliphatic carbocycles. The van der Waals surface area contributed by atoms with Crippen LogP contribution in [0, 0.1) is 0 Å². The highest BCUT2D eigenvalue weighted by molar-refractivity contribution is 9.10. The lowest BCUT2D eigenvalue weighted by molar-refractivity contribution is 0.210. The van der Waals surface area contributed by atoms with E-state index in [4.69, 9.17) is 4.74 Å². The summed E-state index contributed by atoms with van der Waals surface area (Å²) in [5.41, 5.74) is 0. The second kappa shape index (κ2) is 5.05. The highest BCUT2D eigenvalue weighted by Gasteiger charge is 1.98. The second-order valence-electron chi connectivity index (χ2n) is 2.12. The van der Waals surface area contributed by atoms with E-state index in [1.165, 1.54) is 0 Å². The number of aromatic nitrogens is 2. The van der Waals surface area contributed by atoms with Gasteiger partial charge in [0.25, 0.3) is 0 Å². The molecule has 0 bridgehead atoms.